The van der Waals surface area contributed by atoms with Gasteiger partial charge in [0, 0.05) is 16.6 Å². The summed E-state index contributed by atoms with van der Waals surface area (Å²) >= 11 is 3.48. The molecule has 0 bridgehead atoms. The number of halogens is 1. The normalized spacial score (nSPS) is 12.0. The molecule has 0 saturated carbocycles. The molecule has 30 heavy (non-hydrogen) atoms. The molecule has 6 heteroatoms. The topological polar surface area (TPSA) is 56.1 Å². The number of nitrogens with one attached hydrogen (secondary N) is 1. The number of nitrogens with zero attached hydrogens (tertiary/aromatic N) is 2. The molecule has 0 aliphatic heterocycles. The number of methoxy groups -OCH3 is 1. The first kappa shape index (κ1) is 20.2. The summed E-state index contributed by atoms with van der Waals surface area (Å²) in [6, 6.07) is 23.1. The third-order valence-electron chi connectivity index (χ3n) is 5.03. The molecule has 0 aliphatic rings. The molecule has 0 spiro atoms. The Kier molecular flexibility index (Phi) is 5.86. The van der Waals surface area contributed by atoms with E-state index >= 15 is 0 Å². The zero-order chi connectivity index (χ0) is 21.1. The molecule has 0 aliphatic carbocycles. The van der Waals surface area contributed by atoms with Gasteiger partial charge in [-0.15, -0.1) is 0 Å². The number of carbonyl (C=O) groups excluding carboxylic acids is 1. The molecule has 1 heterocycles. The number of carbonyl (C=O) groups is 1. The summed E-state index contributed by atoms with van der Waals surface area (Å²) in [6.45, 7) is 2.63. The number of rotatable bonds is 6. The summed E-state index contributed by atoms with van der Waals surface area (Å²) in [5, 5.41) is 3.08. The van der Waals surface area contributed by atoms with Gasteiger partial charge in [0.15, 0.2) is 0 Å². The lowest BCUT2D eigenvalue weighted by molar-refractivity contribution is 0.0937. The van der Waals surface area contributed by atoms with Gasteiger partial charge in [-0.25, -0.2) is 4.98 Å². The molecule has 1 amide bonds. The summed E-state index contributed by atoms with van der Waals surface area (Å²) < 4.78 is 8.37. The SMILES string of the molecule is COc1ccc(C(=O)NC(C)c2nc3ccccc3n2Cc2ccc(Br)cc2)cc1. The van der Waals surface area contributed by atoms with Crippen LogP contribution in [0.15, 0.2) is 77.3 Å². The lowest BCUT2D eigenvalue weighted by Gasteiger charge is -2.17. The molecule has 0 fully saturated rings. The zero-order valence-corrected chi connectivity index (χ0v) is 18.4. The lowest BCUT2D eigenvalue weighted by atomic mass is 10.2. The highest BCUT2D eigenvalue weighted by Gasteiger charge is 2.19. The maximum atomic E-state index is 12.8. The van der Waals surface area contributed by atoms with Crippen LogP contribution in [0.25, 0.3) is 11.0 Å². The van der Waals surface area contributed by atoms with Gasteiger partial charge in [-0.05, 0) is 61.0 Å². The van der Waals surface area contributed by atoms with Crippen molar-refractivity contribution in [3.8, 4) is 5.75 Å². The van der Waals surface area contributed by atoms with Gasteiger partial charge in [0.25, 0.3) is 5.91 Å². The highest BCUT2D eigenvalue weighted by Crippen LogP contribution is 2.23. The highest BCUT2D eigenvalue weighted by molar-refractivity contribution is 9.10. The molecular weight excluding hydrogens is 442 g/mol. The number of aromatic nitrogens is 2. The quantitative estimate of drug-likeness (QED) is 0.419. The minimum atomic E-state index is -0.262. The van der Waals surface area contributed by atoms with Crippen molar-refractivity contribution < 1.29 is 9.53 Å². The molecular formula is C24H22BrN3O2. The van der Waals surface area contributed by atoms with Crippen molar-refractivity contribution >= 4 is 32.9 Å². The summed E-state index contributed by atoms with van der Waals surface area (Å²) in [5.74, 6) is 1.39. The molecule has 1 N–H and O–H groups in total. The monoisotopic (exact) mass is 463 g/mol. The Balaban J connectivity index is 1.63. The number of amides is 1. The van der Waals surface area contributed by atoms with Crippen LogP contribution in [-0.4, -0.2) is 22.6 Å². The molecule has 0 saturated heterocycles. The van der Waals surface area contributed by atoms with Crippen molar-refractivity contribution in [2.24, 2.45) is 0 Å². The highest BCUT2D eigenvalue weighted by atomic mass is 79.9. The van der Waals surface area contributed by atoms with E-state index in [2.05, 4.69) is 44.0 Å². The molecule has 4 rings (SSSR count). The summed E-state index contributed by atoms with van der Waals surface area (Å²) in [4.78, 5) is 17.6. The van der Waals surface area contributed by atoms with E-state index in [0.29, 0.717) is 12.1 Å². The van der Waals surface area contributed by atoms with Crippen LogP contribution in [0.4, 0.5) is 0 Å². The first-order chi connectivity index (χ1) is 14.5. The minimum Gasteiger partial charge on any atom is -0.497 e. The van der Waals surface area contributed by atoms with E-state index in [4.69, 9.17) is 9.72 Å². The van der Waals surface area contributed by atoms with Gasteiger partial charge < -0.3 is 14.6 Å². The van der Waals surface area contributed by atoms with Gasteiger partial charge in [0.2, 0.25) is 0 Å². The molecule has 1 unspecified atom stereocenters. The number of benzene rings is 3. The van der Waals surface area contributed by atoms with Gasteiger partial charge in [-0.3, -0.25) is 4.79 Å². The number of ether oxygens (including phenoxy) is 1. The van der Waals surface area contributed by atoms with E-state index in [0.717, 1.165) is 32.6 Å². The molecule has 1 aromatic heterocycles. The van der Waals surface area contributed by atoms with Crippen LogP contribution in [0.2, 0.25) is 0 Å². The van der Waals surface area contributed by atoms with Gasteiger partial charge in [-0.1, -0.05) is 40.2 Å². The van der Waals surface area contributed by atoms with E-state index in [1.807, 2.05) is 37.3 Å². The van der Waals surface area contributed by atoms with E-state index in [9.17, 15) is 4.79 Å². The predicted octanol–water partition coefficient (Wildman–Crippen LogP) is 5.35. The van der Waals surface area contributed by atoms with Crippen LogP contribution >= 0.6 is 15.9 Å². The largest absolute Gasteiger partial charge is 0.497 e. The molecule has 5 nitrogen and oxygen atoms in total. The number of imidazole rings is 1. The van der Waals surface area contributed by atoms with Crippen LogP contribution in [0, 0.1) is 0 Å². The van der Waals surface area contributed by atoms with Crippen molar-refractivity contribution in [2.75, 3.05) is 7.11 Å². The molecule has 152 valence electrons. The first-order valence-electron chi connectivity index (χ1n) is 9.69. The second-order valence-corrected chi connectivity index (χ2v) is 8.01. The lowest BCUT2D eigenvalue weighted by Crippen LogP contribution is -2.28. The molecule has 3 aromatic carbocycles. The van der Waals surface area contributed by atoms with Gasteiger partial charge in [-0.2, -0.15) is 0 Å². The maximum Gasteiger partial charge on any atom is 0.251 e. The Morgan fingerprint density at radius 2 is 1.77 bits per heavy atom. The summed E-state index contributed by atoms with van der Waals surface area (Å²) in [6.07, 6.45) is 0. The van der Waals surface area contributed by atoms with Gasteiger partial charge >= 0.3 is 0 Å². The molecule has 4 aromatic rings. The Hall–Kier alpha value is -3.12. The molecule has 0 radical (unpaired) electrons. The van der Waals surface area contributed by atoms with E-state index in [1.54, 1.807) is 31.4 Å². The number of fused-ring (bicyclic) bond motifs is 1. The Morgan fingerprint density at radius 1 is 1.07 bits per heavy atom. The van der Waals surface area contributed by atoms with Crippen molar-refractivity contribution in [1.29, 1.82) is 0 Å². The fraction of sp³-hybridized carbons (Fsp3) is 0.167. The number of hydrogen-bond donors (Lipinski definition) is 1. The van der Waals surface area contributed by atoms with Gasteiger partial charge in [0.1, 0.15) is 11.6 Å². The van der Waals surface area contributed by atoms with Crippen LogP contribution in [0.5, 0.6) is 5.75 Å². The molecule has 1 atom stereocenters. The van der Waals surface area contributed by atoms with Crippen molar-refractivity contribution in [3.05, 3.63) is 94.2 Å². The average Bonchev–Trinajstić information content (AvgIpc) is 3.14. The van der Waals surface area contributed by atoms with Gasteiger partial charge in [0.05, 0.1) is 24.2 Å². The Bertz CT molecular complexity index is 1170. The second-order valence-electron chi connectivity index (χ2n) is 7.09. The van der Waals surface area contributed by atoms with E-state index in [1.165, 1.54) is 0 Å². The fourth-order valence-corrected chi connectivity index (χ4v) is 3.71. The van der Waals surface area contributed by atoms with Crippen molar-refractivity contribution in [2.45, 2.75) is 19.5 Å². The van der Waals surface area contributed by atoms with E-state index < -0.39 is 0 Å². The summed E-state index contributed by atoms with van der Waals surface area (Å²) in [7, 11) is 1.60. The van der Waals surface area contributed by atoms with Crippen molar-refractivity contribution in [3.63, 3.8) is 0 Å². The Morgan fingerprint density at radius 3 is 2.47 bits per heavy atom. The maximum absolute atomic E-state index is 12.8. The number of para-hydroxylation sites is 2. The van der Waals surface area contributed by atoms with E-state index in [-0.39, 0.29) is 11.9 Å². The van der Waals surface area contributed by atoms with Crippen LogP contribution < -0.4 is 10.1 Å². The predicted molar refractivity (Wildman–Crippen MR) is 122 cm³/mol. The number of hydrogen-bond acceptors (Lipinski definition) is 3. The van der Waals surface area contributed by atoms with Crippen LogP contribution in [0.3, 0.4) is 0 Å². The third-order valence-corrected chi connectivity index (χ3v) is 5.55. The van der Waals surface area contributed by atoms with Crippen molar-refractivity contribution in [1.82, 2.24) is 14.9 Å². The first-order valence-corrected chi connectivity index (χ1v) is 10.5. The standard InChI is InChI=1S/C24H22BrN3O2/c1-16(26-24(29)18-9-13-20(30-2)14-10-18)23-27-21-5-3-4-6-22(21)28(23)15-17-7-11-19(25)12-8-17/h3-14,16H,15H2,1-2H3,(H,26,29). The third kappa shape index (κ3) is 4.24. The minimum absolute atomic E-state index is 0.146. The second kappa shape index (κ2) is 8.71. The zero-order valence-electron chi connectivity index (χ0n) is 16.8. The van der Waals surface area contributed by atoms with Crippen LogP contribution in [0.1, 0.15) is 34.7 Å². The Labute approximate surface area is 183 Å². The fourth-order valence-electron chi connectivity index (χ4n) is 3.45. The average molecular weight is 464 g/mol. The summed E-state index contributed by atoms with van der Waals surface area (Å²) in [5.41, 5.74) is 3.70. The smallest absolute Gasteiger partial charge is 0.251 e. The van der Waals surface area contributed by atoms with Crippen LogP contribution in [-0.2, 0) is 6.54 Å².